The average molecular weight is 314 g/mol. The van der Waals surface area contributed by atoms with E-state index in [0.717, 1.165) is 28.6 Å². The number of aromatic nitrogens is 1. The molecule has 112 valence electrons. The molecule has 1 atom stereocenters. The van der Waals surface area contributed by atoms with Crippen LogP contribution < -0.4 is 10.1 Å². The maximum atomic E-state index is 11.6. The van der Waals surface area contributed by atoms with Gasteiger partial charge >= 0.3 is 0 Å². The van der Waals surface area contributed by atoms with E-state index < -0.39 is 0 Å². The van der Waals surface area contributed by atoms with Crippen LogP contribution in [0, 0.1) is 6.92 Å². The highest BCUT2D eigenvalue weighted by molar-refractivity contribution is 8.15. The average Bonchev–Trinajstić information content (AvgIpc) is 2.81. The van der Waals surface area contributed by atoms with Gasteiger partial charge in [-0.2, -0.15) is 0 Å². The second-order valence-electron chi connectivity index (χ2n) is 4.96. The van der Waals surface area contributed by atoms with Crippen molar-refractivity contribution in [1.82, 2.24) is 10.3 Å². The molecule has 0 bridgehead atoms. The van der Waals surface area contributed by atoms with Crippen molar-refractivity contribution in [2.45, 2.75) is 18.6 Å². The zero-order chi connectivity index (χ0) is 15.5. The molecule has 5 nitrogen and oxygen atoms in total. The summed E-state index contributed by atoms with van der Waals surface area (Å²) in [4.78, 5) is 26.9. The van der Waals surface area contributed by atoms with Gasteiger partial charge in [-0.15, -0.1) is 0 Å². The zero-order valence-corrected chi connectivity index (χ0v) is 12.7. The number of imide groups is 1. The normalized spacial score (nSPS) is 17.4. The standard InChI is InChI=1S/C16H14N2O3S/c1-10-8-11(9-13-15(19)18-16(20)22-13)5-6-12(10)21-14-4-2-3-7-17-14/h2-8,13H,9H2,1H3,(H,18,19,20). The number of hydrogen-bond acceptors (Lipinski definition) is 5. The summed E-state index contributed by atoms with van der Waals surface area (Å²) in [5.41, 5.74) is 1.95. The predicted molar refractivity (Wildman–Crippen MR) is 84.1 cm³/mol. The number of amides is 2. The van der Waals surface area contributed by atoms with E-state index in [1.165, 1.54) is 0 Å². The third-order valence-electron chi connectivity index (χ3n) is 3.28. The Bertz CT molecular complexity index is 719. The van der Waals surface area contributed by atoms with Gasteiger partial charge in [0.25, 0.3) is 5.24 Å². The van der Waals surface area contributed by atoms with Crippen LogP contribution in [0.4, 0.5) is 4.79 Å². The van der Waals surface area contributed by atoms with E-state index in [1.54, 1.807) is 12.3 Å². The first-order valence-electron chi connectivity index (χ1n) is 6.82. The monoisotopic (exact) mass is 314 g/mol. The van der Waals surface area contributed by atoms with E-state index in [-0.39, 0.29) is 16.4 Å². The molecule has 2 heterocycles. The summed E-state index contributed by atoms with van der Waals surface area (Å²) in [6.45, 7) is 1.94. The van der Waals surface area contributed by atoms with E-state index in [2.05, 4.69) is 10.3 Å². The summed E-state index contributed by atoms with van der Waals surface area (Å²) >= 11 is 1.04. The van der Waals surface area contributed by atoms with Crippen LogP contribution in [0.3, 0.4) is 0 Å². The highest BCUT2D eigenvalue weighted by Crippen LogP contribution is 2.27. The van der Waals surface area contributed by atoms with Crippen molar-refractivity contribution in [3.05, 3.63) is 53.7 Å². The Hall–Kier alpha value is -2.34. The van der Waals surface area contributed by atoms with Crippen molar-refractivity contribution >= 4 is 22.9 Å². The minimum absolute atomic E-state index is 0.221. The largest absolute Gasteiger partial charge is 0.439 e. The summed E-state index contributed by atoms with van der Waals surface area (Å²) < 4.78 is 5.72. The van der Waals surface area contributed by atoms with E-state index in [4.69, 9.17) is 4.74 Å². The quantitative estimate of drug-likeness (QED) is 0.939. The molecular weight excluding hydrogens is 300 g/mol. The van der Waals surface area contributed by atoms with Crippen LogP contribution in [0.1, 0.15) is 11.1 Å². The molecule has 0 radical (unpaired) electrons. The van der Waals surface area contributed by atoms with Crippen LogP contribution >= 0.6 is 11.8 Å². The van der Waals surface area contributed by atoms with Crippen LogP contribution in [0.5, 0.6) is 11.6 Å². The predicted octanol–water partition coefficient (Wildman–Crippen LogP) is 3.08. The molecule has 0 saturated carbocycles. The highest BCUT2D eigenvalue weighted by Gasteiger charge is 2.31. The number of nitrogens with one attached hydrogen (secondary N) is 1. The second-order valence-corrected chi connectivity index (χ2v) is 6.13. The first-order valence-corrected chi connectivity index (χ1v) is 7.69. The molecule has 1 aromatic heterocycles. The summed E-state index contributed by atoms with van der Waals surface area (Å²) in [6, 6.07) is 11.2. The molecule has 1 fully saturated rings. The fourth-order valence-electron chi connectivity index (χ4n) is 2.21. The second kappa shape index (κ2) is 6.19. The molecule has 0 spiro atoms. The summed E-state index contributed by atoms with van der Waals surface area (Å²) in [6.07, 6.45) is 2.19. The summed E-state index contributed by atoms with van der Waals surface area (Å²) in [5.74, 6) is 1.04. The molecule has 2 amide bonds. The molecule has 1 aliphatic rings. The lowest BCUT2D eigenvalue weighted by Crippen LogP contribution is -2.25. The maximum Gasteiger partial charge on any atom is 0.286 e. The number of benzene rings is 1. The summed E-state index contributed by atoms with van der Waals surface area (Å²) in [5, 5.41) is 1.67. The third-order valence-corrected chi connectivity index (χ3v) is 4.26. The number of pyridine rings is 1. The molecule has 0 aliphatic carbocycles. The lowest BCUT2D eigenvalue weighted by molar-refractivity contribution is -0.118. The molecule has 6 heteroatoms. The Morgan fingerprint density at radius 3 is 2.77 bits per heavy atom. The van der Waals surface area contributed by atoms with E-state index in [1.807, 2.05) is 37.3 Å². The number of carbonyl (C=O) groups excluding carboxylic acids is 2. The first-order chi connectivity index (χ1) is 10.6. The molecule has 1 saturated heterocycles. The van der Waals surface area contributed by atoms with E-state index in [9.17, 15) is 9.59 Å². The molecular formula is C16H14N2O3S. The lowest BCUT2D eigenvalue weighted by atomic mass is 10.1. The van der Waals surface area contributed by atoms with Gasteiger partial charge in [-0.05, 0) is 36.6 Å². The van der Waals surface area contributed by atoms with Gasteiger partial charge in [0.05, 0.1) is 5.25 Å². The van der Waals surface area contributed by atoms with Gasteiger partial charge in [-0.25, -0.2) is 4.98 Å². The smallest absolute Gasteiger partial charge is 0.286 e. The Labute approximate surface area is 132 Å². The molecule has 1 N–H and O–H groups in total. The van der Waals surface area contributed by atoms with Gasteiger partial charge in [-0.3, -0.25) is 14.9 Å². The topological polar surface area (TPSA) is 68.3 Å². The molecule has 22 heavy (non-hydrogen) atoms. The zero-order valence-electron chi connectivity index (χ0n) is 11.9. The molecule has 1 unspecified atom stereocenters. The fraction of sp³-hybridized carbons (Fsp3) is 0.188. The number of rotatable bonds is 4. The number of nitrogens with zero attached hydrogens (tertiary/aromatic N) is 1. The fourth-order valence-corrected chi connectivity index (χ4v) is 3.07. The van der Waals surface area contributed by atoms with Gasteiger partial charge in [-0.1, -0.05) is 30.0 Å². The summed E-state index contributed by atoms with van der Waals surface area (Å²) in [7, 11) is 0. The lowest BCUT2D eigenvalue weighted by Gasteiger charge is -2.10. The van der Waals surface area contributed by atoms with Crippen molar-refractivity contribution in [3.8, 4) is 11.6 Å². The van der Waals surface area contributed by atoms with E-state index in [0.29, 0.717) is 12.3 Å². The number of ether oxygens (including phenoxy) is 1. The molecule has 2 aromatic rings. The van der Waals surface area contributed by atoms with Crippen LogP contribution in [0.2, 0.25) is 0 Å². The van der Waals surface area contributed by atoms with Crippen LogP contribution in [-0.4, -0.2) is 21.4 Å². The van der Waals surface area contributed by atoms with Crippen LogP contribution in [0.15, 0.2) is 42.6 Å². The minimum Gasteiger partial charge on any atom is -0.439 e. The highest BCUT2D eigenvalue weighted by atomic mass is 32.2. The Morgan fingerprint density at radius 1 is 1.27 bits per heavy atom. The third kappa shape index (κ3) is 3.28. The molecule has 3 rings (SSSR count). The van der Waals surface area contributed by atoms with Crippen molar-refractivity contribution in [2.75, 3.05) is 0 Å². The minimum atomic E-state index is -0.352. The van der Waals surface area contributed by atoms with Gasteiger partial charge < -0.3 is 4.74 Å². The first kappa shape index (κ1) is 14.6. The van der Waals surface area contributed by atoms with Crippen LogP contribution in [-0.2, 0) is 11.2 Å². The molecule has 1 aliphatic heterocycles. The Balaban J connectivity index is 1.72. The van der Waals surface area contributed by atoms with Crippen molar-refractivity contribution in [1.29, 1.82) is 0 Å². The van der Waals surface area contributed by atoms with Gasteiger partial charge in [0.2, 0.25) is 11.8 Å². The Morgan fingerprint density at radius 2 is 2.14 bits per heavy atom. The van der Waals surface area contributed by atoms with Gasteiger partial charge in [0.1, 0.15) is 5.75 Å². The van der Waals surface area contributed by atoms with Crippen molar-refractivity contribution in [3.63, 3.8) is 0 Å². The van der Waals surface area contributed by atoms with Crippen molar-refractivity contribution in [2.24, 2.45) is 0 Å². The number of carbonyl (C=O) groups is 2. The number of hydrogen-bond donors (Lipinski definition) is 1. The van der Waals surface area contributed by atoms with Gasteiger partial charge in [0.15, 0.2) is 0 Å². The maximum absolute atomic E-state index is 11.6. The van der Waals surface area contributed by atoms with Crippen LogP contribution in [0.25, 0.3) is 0 Å². The van der Waals surface area contributed by atoms with Crippen molar-refractivity contribution < 1.29 is 14.3 Å². The SMILES string of the molecule is Cc1cc(CC2SC(=O)NC2=O)ccc1Oc1ccccn1. The van der Waals surface area contributed by atoms with E-state index >= 15 is 0 Å². The molecule has 1 aromatic carbocycles. The number of thioether (sulfide) groups is 1. The number of aryl methyl sites for hydroxylation is 1. The van der Waals surface area contributed by atoms with Gasteiger partial charge in [0, 0.05) is 12.3 Å². The Kier molecular flexibility index (Phi) is 4.11.